The molecule has 2 rings (SSSR count). The molecule has 0 aliphatic heterocycles. The van der Waals surface area contributed by atoms with Crippen LogP contribution in [-0.4, -0.2) is 11.7 Å². The molecular weight excluding hydrogens is 184 g/mol. The third-order valence-electron chi connectivity index (χ3n) is 3.76. The molecule has 0 aromatic heterocycles. The third kappa shape index (κ3) is 1.81. The van der Waals surface area contributed by atoms with E-state index in [2.05, 4.69) is 45.0 Å². The molecule has 1 N–H and O–H groups in total. The van der Waals surface area contributed by atoms with E-state index in [1.165, 1.54) is 11.1 Å². The number of aliphatic hydroxyl groups is 1. The van der Waals surface area contributed by atoms with Crippen molar-refractivity contribution in [3.8, 4) is 0 Å². The highest BCUT2D eigenvalue weighted by atomic mass is 16.3. The summed E-state index contributed by atoms with van der Waals surface area (Å²) in [5.74, 6) is 0. The topological polar surface area (TPSA) is 20.2 Å². The van der Waals surface area contributed by atoms with Gasteiger partial charge in [-0.05, 0) is 36.2 Å². The standard InChI is InChI=1S/C14H20O/c1-11-4-6-12(7-5-11)14(3)8-13(2,9-14)10-15/h4-7,15H,8-10H2,1-3H3. The van der Waals surface area contributed by atoms with Crippen molar-refractivity contribution < 1.29 is 5.11 Å². The van der Waals surface area contributed by atoms with Crippen LogP contribution in [0.1, 0.15) is 37.8 Å². The Bertz CT molecular complexity index is 344. The first-order valence-corrected chi connectivity index (χ1v) is 5.66. The lowest BCUT2D eigenvalue weighted by atomic mass is 9.52. The van der Waals surface area contributed by atoms with Crippen molar-refractivity contribution in [3.05, 3.63) is 35.4 Å². The second kappa shape index (κ2) is 3.34. The van der Waals surface area contributed by atoms with E-state index in [4.69, 9.17) is 0 Å². The summed E-state index contributed by atoms with van der Waals surface area (Å²) in [6, 6.07) is 8.81. The van der Waals surface area contributed by atoms with Crippen LogP contribution < -0.4 is 0 Å². The normalized spacial score (nSPS) is 34.9. The molecule has 0 saturated heterocycles. The van der Waals surface area contributed by atoms with Gasteiger partial charge in [-0.3, -0.25) is 0 Å². The SMILES string of the molecule is Cc1ccc(C2(C)CC(C)(CO)C2)cc1. The van der Waals surface area contributed by atoms with Crippen molar-refractivity contribution in [2.75, 3.05) is 6.61 Å². The quantitative estimate of drug-likeness (QED) is 0.785. The minimum Gasteiger partial charge on any atom is -0.396 e. The van der Waals surface area contributed by atoms with Gasteiger partial charge in [0.25, 0.3) is 0 Å². The van der Waals surface area contributed by atoms with Gasteiger partial charge < -0.3 is 5.11 Å². The fraction of sp³-hybridized carbons (Fsp3) is 0.571. The summed E-state index contributed by atoms with van der Waals surface area (Å²) in [4.78, 5) is 0. The van der Waals surface area contributed by atoms with E-state index in [1.807, 2.05) is 0 Å². The van der Waals surface area contributed by atoms with Gasteiger partial charge in [0.05, 0.1) is 0 Å². The Morgan fingerprint density at radius 3 is 2.13 bits per heavy atom. The fourth-order valence-electron chi connectivity index (χ4n) is 3.10. The van der Waals surface area contributed by atoms with Crippen LogP contribution in [0, 0.1) is 12.3 Å². The van der Waals surface area contributed by atoms with E-state index >= 15 is 0 Å². The molecule has 1 aromatic rings. The van der Waals surface area contributed by atoms with E-state index in [-0.39, 0.29) is 10.8 Å². The molecule has 0 heterocycles. The molecule has 0 atom stereocenters. The Hall–Kier alpha value is -0.820. The summed E-state index contributed by atoms with van der Waals surface area (Å²) in [6.45, 7) is 6.90. The maximum atomic E-state index is 9.27. The van der Waals surface area contributed by atoms with E-state index in [1.54, 1.807) is 0 Å². The van der Waals surface area contributed by atoms with Gasteiger partial charge in [0.15, 0.2) is 0 Å². The summed E-state index contributed by atoms with van der Waals surface area (Å²) in [5, 5.41) is 9.27. The molecule has 0 unspecified atom stereocenters. The number of aryl methyl sites for hydroxylation is 1. The molecule has 1 aliphatic rings. The summed E-state index contributed by atoms with van der Waals surface area (Å²) >= 11 is 0. The van der Waals surface area contributed by atoms with Crippen LogP contribution in [0.25, 0.3) is 0 Å². The van der Waals surface area contributed by atoms with Crippen molar-refractivity contribution >= 4 is 0 Å². The number of aliphatic hydroxyl groups excluding tert-OH is 1. The molecule has 0 amide bonds. The van der Waals surface area contributed by atoms with Crippen molar-refractivity contribution in [2.45, 2.75) is 39.0 Å². The van der Waals surface area contributed by atoms with E-state index in [0.29, 0.717) is 6.61 Å². The zero-order chi connectivity index (χ0) is 11.1. The summed E-state index contributed by atoms with van der Waals surface area (Å²) < 4.78 is 0. The summed E-state index contributed by atoms with van der Waals surface area (Å²) in [5.41, 5.74) is 3.16. The van der Waals surface area contributed by atoms with Crippen molar-refractivity contribution in [1.82, 2.24) is 0 Å². The second-order valence-electron chi connectivity index (χ2n) is 5.75. The van der Waals surface area contributed by atoms with E-state index in [0.717, 1.165) is 12.8 Å². The predicted molar refractivity (Wildman–Crippen MR) is 63.0 cm³/mol. The zero-order valence-electron chi connectivity index (χ0n) is 9.88. The lowest BCUT2D eigenvalue weighted by Crippen LogP contribution is -2.48. The minimum absolute atomic E-state index is 0.152. The maximum Gasteiger partial charge on any atom is 0.0485 e. The molecule has 1 aliphatic carbocycles. The Morgan fingerprint density at radius 2 is 1.67 bits per heavy atom. The van der Waals surface area contributed by atoms with Gasteiger partial charge in [0, 0.05) is 6.61 Å². The molecule has 0 radical (unpaired) electrons. The average Bonchev–Trinajstić information content (AvgIpc) is 2.16. The van der Waals surface area contributed by atoms with Crippen LogP contribution >= 0.6 is 0 Å². The highest BCUT2D eigenvalue weighted by molar-refractivity contribution is 5.31. The summed E-state index contributed by atoms with van der Waals surface area (Å²) in [7, 11) is 0. The molecule has 1 fully saturated rings. The Labute approximate surface area is 92.1 Å². The third-order valence-corrected chi connectivity index (χ3v) is 3.76. The molecule has 1 aromatic carbocycles. The largest absolute Gasteiger partial charge is 0.396 e. The first-order valence-electron chi connectivity index (χ1n) is 5.66. The van der Waals surface area contributed by atoms with Gasteiger partial charge in [-0.2, -0.15) is 0 Å². The lowest BCUT2D eigenvalue weighted by Gasteiger charge is -2.52. The van der Waals surface area contributed by atoms with Crippen molar-refractivity contribution in [2.24, 2.45) is 5.41 Å². The van der Waals surface area contributed by atoms with Gasteiger partial charge in [-0.1, -0.05) is 43.7 Å². The van der Waals surface area contributed by atoms with Crippen molar-refractivity contribution in [3.63, 3.8) is 0 Å². The molecule has 0 bridgehead atoms. The first-order chi connectivity index (χ1) is 6.97. The molecule has 1 saturated carbocycles. The van der Waals surface area contributed by atoms with Crippen LogP contribution in [0.3, 0.4) is 0 Å². The van der Waals surface area contributed by atoms with Crippen LogP contribution in [0.15, 0.2) is 24.3 Å². The fourth-order valence-corrected chi connectivity index (χ4v) is 3.10. The van der Waals surface area contributed by atoms with Crippen molar-refractivity contribution in [1.29, 1.82) is 0 Å². The number of benzene rings is 1. The molecule has 1 heteroatoms. The van der Waals surface area contributed by atoms with E-state index < -0.39 is 0 Å². The zero-order valence-corrected chi connectivity index (χ0v) is 9.88. The molecule has 82 valence electrons. The van der Waals surface area contributed by atoms with Gasteiger partial charge >= 0.3 is 0 Å². The van der Waals surface area contributed by atoms with Crippen LogP contribution in [0.5, 0.6) is 0 Å². The average molecular weight is 204 g/mol. The first kappa shape index (κ1) is 10.7. The van der Waals surface area contributed by atoms with Gasteiger partial charge in [-0.25, -0.2) is 0 Å². The smallest absolute Gasteiger partial charge is 0.0485 e. The Balaban J connectivity index is 2.16. The molecule has 15 heavy (non-hydrogen) atoms. The number of hydrogen-bond acceptors (Lipinski definition) is 1. The van der Waals surface area contributed by atoms with Gasteiger partial charge in [-0.15, -0.1) is 0 Å². The van der Waals surface area contributed by atoms with Crippen LogP contribution in [0.4, 0.5) is 0 Å². The molecular formula is C14H20O. The van der Waals surface area contributed by atoms with Crippen LogP contribution in [0.2, 0.25) is 0 Å². The van der Waals surface area contributed by atoms with E-state index in [9.17, 15) is 5.11 Å². The lowest BCUT2D eigenvalue weighted by molar-refractivity contribution is -0.00423. The highest BCUT2D eigenvalue weighted by Crippen LogP contribution is 2.54. The number of rotatable bonds is 2. The molecule has 1 nitrogen and oxygen atoms in total. The Kier molecular flexibility index (Phi) is 2.38. The predicted octanol–water partition coefficient (Wildman–Crippen LogP) is 3.05. The van der Waals surface area contributed by atoms with Gasteiger partial charge in [0.1, 0.15) is 0 Å². The Morgan fingerprint density at radius 1 is 1.13 bits per heavy atom. The van der Waals surface area contributed by atoms with Crippen LogP contribution in [-0.2, 0) is 5.41 Å². The second-order valence-corrected chi connectivity index (χ2v) is 5.75. The molecule has 0 spiro atoms. The highest BCUT2D eigenvalue weighted by Gasteiger charge is 2.49. The summed E-state index contributed by atoms with van der Waals surface area (Å²) in [6.07, 6.45) is 2.19. The monoisotopic (exact) mass is 204 g/mol. The minimum atomic E-state index is 0.152. The maximum absolute atomic E-state index is 9.27. The van der Waals surface area contributed by atoms with Gasteiger partial charge in [0.2, 0.25) is 0 Å². The number of hydrogen-bond donors (Lipinski definition) is 1.